The van der Waals surface area contributed by atoms with Crippen LogP contribution >= 0.6 is 0 Å². The number of carbonyl (C=O) groups is 2. The predicted octanol–water partition coefficient (Wildman–Crippen LogP) is -0.250. The maximum absolute atomic E-state index is 11.7. The van der Waals surface area contributed by atoms with E-state index in [-0.39, 0.29) is 30.9 Å². The number of nitrogens with zero attached hydrogens (tertiary/aromatic N) is 3. The Balaban J connectivity index is 1.77. The van der Waals surface area contributed by atoms with E-state index < -0.39 is 5.97 Å². The molecule has 1 atom stereocenters. The van der Waals surface area contributed by atoms with Crippen molar-refractivity contribution in [3.05, 3.63) is 11.9 Å². The van der Waals surface area contributed by atoms with E-state index in [1.165, 1.54) is 10.9 Å². The summed E-state index contributed by atoms with van der Waals surface area (Å²) in [7, 11) is 0. The molecule has 0 radical (unpaired) electrons. The van der Waals surface area contributed by atoms with Crippen LogP contribution in [0, 0.1) is 0 Å². The summed E-state index contributed by atoms with van der Waals surface area (Å²) in [5.41, 5.74) is 0.0961. The third-order valence-corrected chi connectivity index (χ3v) is 2.88. The topological polar surface area (TPSA) is 95.3 Å². The first-order valence-corrected chi connectivity index (χ1v) is 6.64. The molecule has 8 heteroatoms. The molecule has 8 nitrogen and oxygen atoms in total. The van der Waals surface area contributed by atoms with Gasteiger partial charge in [-0.15, -0.1) is 5.10 Å². The highest BCUT2D eigenvalue weighted by Crippen LogP contribution is 2.10. The van der Waals surface area contributed by atoms with Crippen molar-refractivity contribution in [2.45, 2.75) is 32.4 Å². The second kappa shape index (κ2) is 6.99. The fourth-order valence-corrected chi connectivity index (χ4v) is 1.91. The van der Waals surface area contributed by atoms with Crippen LogP contribution < -0.4 is 5.32 Å². The van der Waals surface area contributed by atoms with Crippen LogP contribution in [0.4, 0.5) is 0 Å². The lowest BCUT2D eigenvalue weighted by molar-refractivity contribution is -0.122. The van der Waals surface area contributed by atoms with Gasteiger partial charge in [-0.2, -0.15) is 0 Å². The summed E-state index contributed by atoms with van der Waals surface area (Å²) < 4.78 is 11.5. The highest BCUT2D eigenvalue weighted by molar-refractivity contribution is 5.86. The molecule has 1 saturated heterocycles. The van der Waals surface area contributed by atoms with Crippen LogP contribution in [0.5, 0.6) is 0 Å². The molecule has 0 saturated carbocycles. The standard InChI is InChI=1S/C12H18N4O4/c1-2-19-12(18)10-7-16(15-14-10)8-11(17)13-6-9-4-3-5-20-9/h7,9H,2-6,8H2,1H3,(H,13,17)/t9-/m1/s1. The number of esters is 1. The maximum Gasteiger partial charge on any atom is 0.360 e. The Morgan fingerprint density at radius 3 is 3.15 bits per heavy atom. The van der Waals surface area contributed by atoms with E-state index in [1.54, 1.807) is 6.92 Å². The Labute approximate surface area is 116 Å². The first kappa shape index (κ1) is 14.4. The van der Waals surface area contributed by atoms with E-state index in [2.05, 4.69) is 15.6 Å². The van der Waals surface area contributed by atoms with Crippen LogP contribution in [0.25, 0.3) is 0 Å². The molecule has 2 heterocycles. The number of aromatic nitrogens is 3. The van der Waals surface area contributed by atoms with Crippen LogP contribution in [0.15, 0.2) is 6.20 Å². The van der Waals surface area contributed by atoms with Crippen LogP contribution in [-0.4, -0.2) is 52.7 Å². The van der Waals surface area contributed by atoms with Gasteiger partial charge < -0.3 is 14.8 Å². The molecule has 1 aromatic rings. The van der Waals surface area contributed by atoms with Crippen molar-refractivity contribution >= 4 is 11.9 Å². The second-order valence-electron chi connectivity index (χ2n) is 4.46. The average molecular weight is 282 g/mol. The van der Waals surface area contributed by atoms with Crippen LogP contribution in [-0.2, 0) is 20.8 Å². The van der Waals surface area contributed by atoms with Crippen LogP contribution in [0.1, 0.15) is 30.3 Å². The molecule has 2 rings (SSSR count). The summed E-state index contributed by atoms with van der Waals surface area (Å²) in [4.78, 5) is 23.1. The zero-order valence-corrected chi connectivity index (χ0v) is 11.4. The van der Waals surface area contributed by atoms with Gasteiger partial charge in [-0.3, -0.25) is 4.79 Å². The SMILES string of the molecule is CCOC(=O)c1cn(CC(=O)NC[C@H]2CCCO2)nn1. The Bertz CT molecular complexity index is 468. The van der Waals surface area contributed by atoms with Gasteiger partial charge in [-0.25, -0.2) is 9.48 Å². The number of hydrogen-bond acceptors (Lipinski definition) is 6. The van der Waals surface area contributed by atoms with Crippen molar-refractivity contribution in [2.24, 2.45) is 0 Å². The molecule has 1 aromatic heterocycles. The van der Waals surface area contributed by atoms with Crippen molar-refractivity contribution in [1.82, 2.24) is 20.3 Å². The van der Waals surface area contributed by atoms with Gasteiger partial charge in [0, 0.05) is 13.2 Å². The summed E-state index contributed by atoms with van der Waals surface area (Å²) in [5, 5.41) is 10.1. The van der Waals surface area contributed by atoms with Gasteiger partial charge in [0.2, 0.25) is 5.91 Å². The first-order chi connectivity index (χ1) is 9.69. The summed E-state index contributed by atoms with van der Waals surface area (Å²) in [5.74, 6) is -0.737. The van der Waals surface area contributed by atoms with Crippen LogP contribution in [0.2, 0.25) is 0 Å². The van der Waals surface area contributed by atoms with Gasteiger partial charge in [0.15, 0.2) is 5.69 Å². The maximum atomic E-state index is 11.7. The molecular weight excluding hydrogens is 264 g/mol. The second-order valence-corrected chi connectivity index (χ2v) is 4.46. The van der Waals surface area contributed by atoms with Crippen molar-refractivity contribution in [3.63, 3.8) is 0 Å². The predicted molar refractivity (Wildman–Crippen MR) is 68.0 cm³/mol. The summed E-state index contributed by atoms with van der Waals surface area (Å²) in [6.07, 6.45) is 3.50. The van der Waals surface area contributed by atoms with E-state index in [1.807, 2.05) is 0 Å². The quantitative estimate of drug-likeness (QED) is 0.723. The molecule has 1 aliphatic rings. The van der Waals surface area contributed by atoms with E-state index in [0.29, 0.717) is 6.54 Å². The number of ether oxygens (including phenoxy) is 2. The summed E-state index contributed by atoms with van der Waals surface area (Å²) in [6.45, 7) is 3.25. The smallest absolute Gasteiger partial charge is 0.360 e. The molecule has 1 N–H and O–H groups in total. The molecule has 0 aromatic carbocycles. The Hall–Kier alpha value is -1.96. The minimum atomic E-state index is -0.543. The highest BCUT2D eigenvalue weighted by atomic mass is 16.5. The number of carbonyl (C=O) groups excluding carboxylic acids is 2. The molecule has 0 spiro atoms. The highest BCUT2D eigenvalue weighted by Gasteiger charge is 2.17. The van der Waals surface area contributed by atoms with Crippen molar-refractivity contribution in [1.29, 1.82) is 0 Å². The normalized spacial score (nSPS) is 17.9. The molecule has 110 valence electrons. The molecule has 20 heavy (non-hydrogen) atoms. The van der Waals surface area contributed by atoms with E-state index >= 15 is 0 Å². The zero-order valence-electron chi connectivity index (χ0n) is 11.4. The lowest BCUT2D eigenvalue weighted by Crippen LogP contribution is -2.34. The van der Waals surface area contributed by atoms with Gasteiger partial charge >= 0.3 is 5.97 Å². The summed E-state index contributed by atoms with van der Waals surface area (Å²) >= 11 is 0. The number of rotatable bonds is 6. The lowest BCUT2D eigenvalue weighted by atomic mass is 10.2. The van der Waals surface area contributed by atoms with Gasteiger partial charge in [0.25, 0.3) is 0 Å². The molecule has 0 unspecified atom stereocenters. The Morgan fingerprint density at radius 1 is 1.60 bits per heavy atom. The minimum Gasteiger partial charge on any atom is -0.461 e. The third kappa shape index (κ3) is 4.02. The molecule has 0 bridgehead atoms. The largest absolute Gasteiger partial charge is 0.461 e. The first-order valence-electron chi connectivity index (χ1n) is 6.64. The fourth-order valence-electron chi connectivity index (χ4n) is 1.91. The number of amides is 1. The van der Waals surface area contributed by atoms with Crippen molar-refractivity contribution < 1.29 is 19.1 Å². The molecule has 1 aliphatic heterocycles. The van der Waals surface area contributed by atoms with Crippen LogP contribution in [0.3, 0.4) is 0 Å². The van der Waals surface area contributed by atoms with Crippen molar-refractivity contribution in [2.75, 3.05) is 19.8 Å². The van der Waals surface area contributed by atoms with E-state index in [4.69, 9.17) is 9.47 Å². The molecule has 1 amide bonds. The van der Waals surface area contributed by atoms with Crippen molar-refractivity contribution in [3.8, 4) is 0 Å². The Kier molecular flexibility index (Phi) is 5.05. The van der Waals surface area contributed by atoms with Gasteiger partial charge in [-0.05, 0) is 19.8 Å². The zero-order chi connectivity index (χ0) is 14.4. The number of nitrogens with one attached hydrogen (secondary N) is 1. The minimum absolute atomic E-state index is 0.0130. The Morgan fingerprint density at radius 2 is 2.45 bits per heavy atom. The average Bonchev–Trinajstić information content (AvgIpc) is 3.07. The van der Waals surface area contributed by atoms with Gasteiger partial charge in [0.1, 0.15) is 6.54 Å². The monoisotopic (exact) mass is 282 g/mol. The lowest BCUT2D eigenvalue weighted by Gasteiger charge is -2.10. The van der Waals surface area contributed by atoms with Gasteiger partial charge in [-0.1, -0.05) is 5.21 Å². The molecular formula is C12H18N4O4. The fraction of sp³-hybridized carbons (Fsp3) is 0.667. The molecule has 0 aliphatic carbocycles. The molecule has 1 fully saturated rings. The van der Waals surface area contributed by atoms with Gasteiger partial charge in [0.05, 0.1) is 18.9 Å². The van der Waals surface area contributed by atoms with E-state index in [9.17, 15) is 9.59 Å². The number of hydrogen-bond donors (Lipinski definition) is 1. The third-order valence-electron chi connectivity index (χ3n) is 2.88. The summed E-state index contributed by atoms with van der Waals surface area (Å²) in [6, 6.07) is 0. The van der Waals surface area contributed by atoms with E-state index in [0.717, 1.165) is 19.4 Å².